The molecule has 0 saturated carbocycles. The van der Waals surface area contributed by atoms with Gasteiger partial charge in [-0.3, -0.25) is 4.57 Å². The van der Waals surface area contributed by atoms with Gasteiger partial charge in [0.15, 0.2) is 5.58 Å². The van der Waals surface area contributed by atoms with E-state index < -0.39 is 0 Å². The molecule has 24 heavy (non-hydrogen) atoms. The fourth-order valence-corrected chi connectivity index (χ4v) is 3.42. The first kappa shape index (κ1) is 15.1. The highest BCUT2D eigenvalue weighted by Crippen LogP contribution is 2.35. The highest BCUT2D eigenvalue weighted by atomic mass is 79.9. The summed E-state index contributed by atoms with van der Waals surface area (Å²) in [4.78, 5) is 4.69. The van der Waals surface area contributed by atoms with E-state index >= 15 is 0 Å². The first-order chi connectivity index (χ1) is 11.6. The number of oxazole rings is 1. The van der Waals surface area contributed by atoms with Gasteiger partial charge in [0.2, 0.25) is 5.89 Å². The lowest BCUT2D eigenvalue weighted by Crippen LogP contribution is -1.96. The van der Waals surface area contributed by atoms with Crippen molar-refractivity contribution < 1.29 is 4.42 Å². The molecule has 5 nitrogen and oxygen atoms in total. The zero-order valence-electron chi connectivity index (χ0n) is 13.5. The van der Waals surface area contributed by atoms with E-state index in [2.05, 4.69) is 46.0 Å². The average molecular weight is 383 g/mol. The molecule has 0 bridgehead atoms. The highest BCUT2D eigenvalue weighted by molar-refractivity contribution is 9.10. The van der Waals surface area contributed by atoms with Crippen LogP contribution in [0.2, 0.25) is 0 Å². The Morgan fingerprint density at radius 3 is 2.54 bits per heavy atom. The predicted molar refractivity (Wildman–Crippen MR) is 96.3 cm³/mol. The van der Waals surface area contributed by atoms with Gasteiger partial charge in [-0.05, 0) is 71.6 Å². The topological polar surface area (TPSA) is 56.7 Å². The Morgan fingerprint density at radius 1 is 1.04 bits per heavy atom. The molecular formula is C18H15BrN4O. The average Bonchev–Trinajstić information content (AvgIpc) is 3.22. The van der Waals surface area contributed by atoms with Gasteiger partial charge < -0.3 is 4.42 Å². The second-order valence-corrected chi connectivity index (χ2v) is 6.61. The Hall–Kier alpha value is -2.47. The Morgan fingerprint density at radius 2 is 1.79 bits per heavy atom. The number of aromatic nitrogens is 4. The third kappa shape index (κ3) is 2.26. The van der Waals surface area contributed by atoms with Gasteiger partial charge in [-0.15, -0.1) is 10.2 Å². The van der Waals surface area contributed by atoms with Crippen molar-refractivity contribution in [3.8, 4) is 17.1 Å². The lowest BCUT2D eigenvalue weighted by molar-refractivity contribution is 0.617. The van der Waals surface area contributed by atoms with Gasteiger partial charge in [-0.25, -0.2) is 4.98 Å². The predicted octanol–water partition coefficient (Wildman–Crippen LogP) is 4.76. The molecule has 2 aromatic heterocycles. The molecule has 0 saturated heterocycles. The summed E-state index contributed by atoms with van der Waals surface area (Å²) in [5.41, 5.74) is 7.01. The molecular weight excluding hydrogens is 368 g/mol. The fraction of sp³-hybridized carbons (Fsp3) is 0.167. The van der Waals surface area contributed by atoms with Crippen LogP contribution in [-0.4, -0.2) is 19.7 Å². The number of aryl methyl sites for hydroxylation is 1. The number of rotatable bonds is 2. The molecule has 4 rings (SSSR count). The minimum absolute atomic E-state index is 0.614. The van der Waals surface area contributed by atoms with Crippen molar-refractivity contribution >= 4 is 27.0 Å². The van der Waals surface area contributed by atoms with Crippen molar-refractivity contribution in [2.45, 2.75) is 20.8 Å². The number of halogens is 1. The molecule has 0 aliphatic rings. The van der Waals surface area contributed by atoms with E-state index in [0.717, 1.165) is 32.4 Å². The second-order valence-electron chi connectivity index (χ2n) is 5.82. The molecule has 0 N–H and O–H groups in total. The number of hydrogen-bond donors (Lipinski definition) is 0. The summed E-state index contributed by atoms with van der Waals surface area (Å²) in [6.07, 6.45) is 3.36. The molecule has 0 aliphatic carbocycles. The summed E-state index contributed by atoms with van der Waals surface area (Å²) in [6, 6.07) is 8.08. The number of benzene rings is 2. The van der Waals surface area contributed by atoms with Crippen LogP contribution in [0.4, 0.5) is 0 Å². The van der Waals surface area contributed by atoms with Gasteiger partial charge in [0.1, 0.15) is 18.2 Å². The van der Waals surface area contributed by atoms with E-state index in [1.807, 2.05) is 29.7 Å². The van der Waals surface area contributed by atoms with Crippen LogP contribution in [0.3, 0.4) is 0 Å². The third-order valence-corrected chi connectivity index (χ3v) is 5.31. The summed E-state index contributed by atoms with van der Waals surface area (Å²) in [7, 11) is 0. The second kappa shape index (κ2) is 5.56. The normalized spacial score (nSPS) is 11.3. The molecule has 2 aromatic carbocycles. The highest BCUT2D eigenvalue weighted by Gasteiger charge is 2.16. The molecule has 0 radical (unpaired) electrons. The van der Waals surface area contributed by atoms with E-state index in [1.54, 1.807) is 12.7 Å². The third-order valence-electron chi connectivity index (χ3n) is 4.36. The van der Waals surface area contributed by atoms with Gasteiger partial charge in [0, 0.05) is 5.56 Å². The van der Waals surface area contributed by atoms with E-state index in [9.17, 15) is 0 Å². The van der Waals surface area contributed by atoms with E-state index in [1.165, 1.54) is 11.1 Å². The number of nitrogens with zero attached hydrogens (tertiary/aromatic N) is 4. The SMILES string of the molecule is Cc1cc2nc(-c3cccc(-n4cnnc4)c3C)oc2c(Br)c1C. The molecule has 0 unspecified atom stereocenters. The first-order valence-electron chi connectivity index (χ1n) is 7.57. The van der Waals surface area contributed by atoms with Gasteiger partial charge in [0.05, 0.1) is 10.2 Å². The maximum atomic E-state index is 6.08. The molecule has 4 aromatic rings. The van der Waals surface area contributed by atoms with Crippen molar-refractivity contribution in [1.29, 1.82) is 0 Å². The van der Waals surface area contributed by atoms with Crippen LogP contribution >= 0.6 is 15.9 Å². The molecule has 0 amide bonds. The van der Waals surface area contributed by atoms with Gasteiger partial charge in [0.25, 0.3) is 0 Å². The lowest BCUT2D eigenvalue weighted by Gasteiger charge is -2.08. The molecule has 0 aliphatic heterocycles. The Labute approximate surface area is 147 Å². The molecule has 0 fully saturated rings. The van der Waals surface area contributed by atoms with Gasteiger partial charge in [-0.1, -0.05) is 6.07 Å². The summed E-state index contributed by atoms with van der Waals surface area (Å²) in [5.74, 6) is 0.614. The zero-order valence-corrected chi connectivity index (χ0v) is 15.1. The van der Waals surface area contributed by atoms with E-state index in [4.69, 9.17) is 9.40 Å². The van der Waals surface area contributed by atoms with Crippen molar-refractivity contribution in [2.75, 3.05) is 0 Å². The summed E-state index contributed by atoms with van der Waals surface area (Å²) in [5, 5.41) is 7.75. The van der Waals surface area contributed by atoms with Crippen molar-refractivity contribution in [3.05, 3.63) is 58.1 Å². The molecule has 0 atom stereocenters. The smallest absolute Gasteiger partial charge is 0.227 e. The monoisotopic (exact) mass is 382 g/mol. The molecule has 6 heteroatoms. The Bertz CT molecular complexity index is 1050. The summed E-state index contributed by atoms with van der Waals surface area (Å²) < 4.78 is 8.92. The van der Waals surface area contributed by atoms with Crippen molar-refractivity contribution in [1.82, 2.24) is 19.7 Å². The lowest BCUT2D eigenvalue weighted by atomic mass is 10.1. The van der Waals surface area contributed by atoms with Gasteiger partial charge in [-0.2, -0.15) is 0 Å². The number of hydrogen-bond acceptors (Lipinski definition) is 4. The van der Waals surface area contributed by atoms with Crippen molar-refractivity contribution in [3.63, 3.8) is 0 Å². The molecule has 2 heterocycles. The van der Waals surface area contributed by atoms with Crippen LogP contribution in [0.1, 0.15) is 16.7 Å². The Balaban J connectivity index is 1.93. The van der Waals surface area contributed by atoms with Crippen LogP contribution < -0.4 is 0 Å². The summed E-state index contributed by atoms with van der Waals surface area (Å²) >= 11 is 3.63. The van der Waals surface area contributed by atoms with E-state index in [0.29, 0.717) is 5.89 Å². The molecule has 120 valence electrons. The zero-order chi connectivity index (χ0) is 16.8. The standard InChI is InChI=1S/C18H15BrN4O/c1-10-7-14-17(16(19)11(10)2)24-18(22-14)13-5-4-6-15(12(13)3)23-8-20-21-9-23/h4-9H,1-3H3. The maximum absolute atomic E-state index is 6.08. The largest absolute Gasteiger partial charge is 0.435 e. The van der Waals surface area contributed by atoms with Crippen LogP contribution in [-0.2, 0) is 0 Å². The van der Waals surface area contributed by atoms with Crippen LogP contribution in [0.15, 0.2) is 45.8 Å². The minimum Gasteiger partial charge on any atom is -0.435 e. The fourth-order valence-electron chi connectivity index (χ4n) is 2.82. The Kier molecular flexibility index (Phi) is 3.49. The van der Waals surface area contributed by atoms with Crippen LogP contribution in [0, 0.1) is 20.8 Å². The molecule has 0 spiro atoms. The minimum atomic E-state index is 0.614. The van der Waals surface area contributed by atoms with Crippen LogP contribution in [0.25, 0.3) is 28.2 Å². The summed E-state index contributed by atoms with van der Waals surface area (Å²) in [6.45, 7) is 6.19. The van der Waals surface area contributed by atoms with Crippen molar-refractivity contribution in [2.24, 2.45) is 0 Å². The van der Waals surface area contributed by atoms with E-state index in [-0.39, 0.29) is 0 Å². The van der Waals surface area contributed by atoms with Crippen LogP contribution in [0.5, 0.6) is 0 Å². The maximum Gasteiger partial charge on any atom is 0.227 e. The first-order valence-corrected chi connectivity index (χ1v) is 8.37. The quantitative estimate of drug-likeness (QED) is 0.501. The van der Waals surface area contributed by atoms with Gasteiger partial charge >= 0.3 is 0 Å². The number of fused-ring (bicyclic) bond motifs is 1.